The van der Waals surface area contributed by atoms with Gasteiger partial charge < -0.3 is 10.3 Å². The Hall–Kier alpha value is -2.55. The van der Waals surface area contributed by atoms with E-state index in [0.29, 0.717) is 0 Å². The molecular weight excluding hydrogens is 284 g/mol. The second-order valence-corrected chi connectivity index (χ2v) is 6.42. The predicted molar refractivity (Wildman–Crippen MR) is 93.6 cm³/mol. The molecule has 23 heavy (non-hydrogen) atoms. The molecule has 2 aromatic carbocycles. The second-order valence-electron chi connectivity index (χ2n) is 6.42. The number of anilines is 1. The number of aromatic nitrogens is 1. The van der Waals surface area contributed by atoms with Crippen molar-refractivity contribution in [1.82, 2.24) is 4.98 Å². The SMILES string of the molecule is Cc1ccc(NC(=O)C2CCc3[nH]c4ccccc4c3C2)cc1. The fraction of sp³-hybridized carbons (Fsp3) is 0.250. The van der Waals surface area contributed by atoms with Crippen molar-refractivity contribution >= 4 is 22.5 Å². The summed E-state index contributed by atoms with van der Waals surface area (Å²) in [5, 5.41) is 4.32. The molecule has 0 bridgehead atoms. The minimum atomic E-state index is 0.0445. The Bertz CT molecular complexity index is 861. The highest BCUT2D eigenvalue weighted by Gasteiger charge is 2.27. The van der Waals surface area contributed by atoms with E-state index in [2.05, 4.69) is 28.5 Å². The van der Waals surface area contributed by atoms with Crippen LogP contribution in [-0.2, 0) is 17.6 Å². The molecule has 0 saturated carbocycles. The van der Waals surface area contributed by atoms with E-state index in [0.717, 1.165) is 24.9 Å². The van der Waals surface area contributed by atoms with Crippen LogP contribution in [0, 0.1) is 12.8 Å². The van der Waals surface area contributed by atoms with Gasteiger partial charge in [0.05, 0.1) is 0 Å². The first-order chi connectivity index (χ1) is 11.2. The van der Waals surface area contributed by atoms with Gasteiger partial charge in [-0.1, -0.05) is 35.9 Å². The summed E-state index contributed by atoms with van der Waals surface area (Å²) in [7, 11) is 0. The number of H-pyrrole nitrogens is 1. The minimum Gasteiger partial charge on any atom is -0.358 e. The van der Waals surface area contributed by atoms with Crippen molar-refractivity contribution in [1.29, 1.82) is 0 Å². The Morgan fingerprint density at radius 3 is 2.74 bits per heavy atom. The van der Waals surface area contributed by atoms with Crippen LogP contribution in [0.5, 0.6) is 0 Å². The standard InChI is InChI=1S/C20H20N2O/c1-13-6-9-15(10-7-13)21-20(23)14-8-11-19-17(12-14)16-4-2-3-5-18(16)22-19/h2-7,9-10,14,22H,8,11-12H2,1H3,(H,21,23). The fourth-order valence-corrected chi connectivity index (χ4v) is 3.47. The third kappa shape index (κ3) is 2.63. The zero-order valence-corrected chi connectivity index (χ0v) is 13.2. The third-order valence-corrected chi connectivity index (χ3v) is 4.79. The number of hydrogen-bond acceptors (Lipinski definition) is 1. The average Bonchev–Trinajstić information content (AvgIpc) is 2.94. The Labute approximate surface area is 135 Å². The summed E-state index contributed by atoms with van der Waals surface area (Å²) in [5.74, 6) is 0.174. The minimum absolute atomic E-state index is 0.0445. The monoisotopic (exact) mass is 304 g/mol. The molecule has 1 amide bonds. The Morgan fingerprint density at radius 2 is 1.91 bits per heavy atom. The van der Waals surface area contributed by atoms with Gasteiger partial charge in [-0.3, -0.25) is 4.79 Å². The lowest BCUT2D eigenvalue weighted by molar-refractivity contribution is -0.120. The molecule has 3 aromatic rings. The normalized spacial score (nSPS) is 17.0. The number of amides is 1. The number of carbonyl (C=O) groups excluding carboxylic acids is 1. The number of benzene rings is 2. The number of fused-ring (bicyclic) bond motifs is 3. The largest absolute Gasteiger partial charge is 0.358 e. The maximum atomic E-state index is 12.6. The van der Waals surface area contributed by atoms with Crippen molar-refractivity contribution < 1.29 is 4.79 Å². The zero-order valence-electron chi connectivity index (χ0n) is 13.2. The smallest absolute Gasteiger partial charge is 0.227 e. The quantitative estimate of drug-likeness (QED) is 0.731. The number of carbonyl (C=O) groups is 1. The van der Waals surface area contributed by atoms with Gasteiger partial charge in [0, 0.05) is 28.2 Å². The maximum absolute atomic E-state index is 12.6. The van der Waals surface area contributed by atoms with Crippen LogP contribution in [0.4, 0.5) is 5.69 Å². The van der Waals surface area contributed by atoms with Gasteiger partial charge in [-0.25, -0.2) is 0 Å². The molecule has 1 unspecified atom stereocenters. The van der Waals surface area contributed by atoms with Gasteiger partial charge in [0.25, 0.3) is 0 Å². The van der Waals surface area contributed by atoms with E-state index in [-0.39, 0.29) is 11.8 Å². The van der Waals surface area contributed by atoms with E-state index in [1.807, 2.05) is 37.3 Å². The number of hydrogen-bond donors (Lipinski definition) is 2. The average molecular weight is 304 g/mol. The molecule has 0 fully saturated rings. The third-order valence-electron chi connectivity index (χ3n) is 4.79. The first kappa shape index (κ1) is 14.1. The van der Waals surface area contributed by atoms with E-state index in [1.165, 1.54) is 27.7 Å². The lowest BCUT2D eigenvalue weighted by atomic mass is 9.86. The van der Waals surface area contributed by atoms with Crippen LogP contribution in [-0.4, -0.2) is 10.9 Å². The molecule has 3 heteroatoms. The van der Waals surface area contributed by atoms with Crippen LogP contribution in [0.15, 0.2) is 48.5 Å². The molecule has 0 spiro atoms. The summed E-state index contributed by atoms with van der Waals surface area (Å²) in [5.41, 5.74) is 5.87. The van der Waals surface area contributed by atoms with Gasteiger partial charge in [-0.15, -0.1) is 0 Å². The predicted octanol–water partition coefficient (Wildman–Crippen LogP) is 4.22. The second kappa shape index (κ2) is 5.58. The topological polar surface area (TPSA) is 44.9 Å². The van der Waals surface area contributed by atoms with Crippen LogP contribution in [0.1, 0.15) is 23.2 Å². The number of nitrogens with one attached hydrogen (secondary N) is 2. The molecule has 1 aliphatic carbocycles. The molecule has 0 aliphatic heterocycles. The maximum Gasteiger partial charge on any atom is 0.227 e. The molecule has 2 N–H and O–H groups in total. The first-order valence-electron chi connectivity index (χ1n) is 8.17. The highest BCUT2D eigenvalue weighted by Crippen LogP contribution is 2.32. The van der Waals surface area contributed by atoms with Gasteiger partial charge in [0.2, 0.25) is 5.91 Å². The van der Waals surface area contributed by atoms with Gasteiger partial charge in [0.15, 0.2) is 0 Å². The highest BCUT2D eigenvalue weighted by atomic mass is 16.1. The van der Waals surface area contributed by atoms with Crippen molar-refractivity contribution in [2.24, 2.45) is 5.92 Å². The van der Waals surface area contributed by atoms with Crippen LogP contribution in [0.25, 0.3) is 10.9 Å². The van der Waals surface area contributed by atoms with Crippen LogP contribution < -0.4 is 5.32 Å². The zero-order chi connectivity index (χ0) is 15.8. The van der Waals surface area contributed by atoms with Crippen molar-refractivity contribution in [3.63, 3.8) is 0 Å². The number of para-hydroxylation sites is 1. The molecular formula is C20H20N2O. The summed E-state index contributed by atoms with van der Waals surface area (Å²) in [4.78, 5) is 16.1. The molecule has 3 nitrogen and oxygen atoms in total. The van der Waals surface area contributed by atoms with E-state index >= 15 is 0 Å². The van der Waals surface area contributed by atoms with E-state index in [1.54, 1.807) is 0 Å². The molecule has 0 radical (unpaired) electrons. The van der Waals surface area contributed by atoms with E-state index in [9.17, 15) is 4.79 Å². The summed E-state index contributed by atoms with van der Waals surface area (Å²) in [6.45, 7) is 2.05. The lowest BCUT2D eigenvalue weighted by Crippen LogP contribution is -2.28. The summed E-state index contributed by atoms with van der Waals surface area (Å²) in [6.07, 6.45) is 2.66. The van der Waals surface area contributed by atoms with Crippen molar-refractivity contribution in [2.75, 3.05) is 5.32 Å². The van der Waals surface area contributed by atoms with E-state index in [4.69, 9.17) is 0 Å². The van der Waals surface area contributed by atoms with Gasteiger partial charge in [0.1, 0.15) is 0 Å². The Balaban J connectivity index is 1.55. The molecule has 1 atom stereocenters. The Morgan fingerprint density at radius 1 is 1.13 bits per heavy atom. The highest BCUT2D eigenvalue weighted by molar-refractivity contribution is 5.94. The van der Waals surface area contributed by atoms with Gasteiger partial charge in [-0.2, -0.15) is 0 Å². The van der Waals surface area contributed by atoms with Gasteiger partial charge >= 0.3 is 0 Å². The van der Waals surface area contributed by atoms with Crippen molar-refractivity contribution in [2.45, 2.75) is 26.2 Å². The summed E-state index contributed by atoms with van der Waals surface area (Å²) < 4.78 is 0. The Kier molecular flexibility index (Phi) is 3.41. The van der Waals surface area contributed by atoms with Crippen LogP contribution in [0.3, 0.4) is 0 Å². The summed E-state index contributed by atoms with van der Waals surface area (Å²) >= 11 is 0. The molecule has 1 heterocycles. The molecule has 1 aliphatic rings. The molecule has 4 rings (SSSR count). The van der Waals surface area contributed by atoms with E-state index < -0.39 is 0 Å². The van der Waals surface area contributed by atoms with Crippen molar-refractivity contribution in [3.05, 3.63) is 65.4 Å². The number of aromatic amines is 1. The van der Waals surface area contributed by atoms with Crippen LogP contribution in [0.2, 0.25) is 0 Å². The molecule has 1 aromatic heterocycles. The summed E-state index contributed by atoms with van der Waals surface area (Å²) in [6, 6.07) is 16.3. The lowest BCUT2D eigenvalue weighted by Gasteiger charge is -2.22. The van der Waals surface area contributed by atoms with Crippen molar-refractivity contribution in [3.8, 4) is 0 Å². The first-order valence-corrected chi connectivity index (χ1v) is 8.17. The number of rotatable bonds is 2. The molecule has 0 saturated heterocycles. The fourth-order valence-electron chi connectivity index (χ4n) is 3.47. The van der Waals surface area contributed by atoms with Gasteiger partial charge in [-0.05, 0) is 49.9 Å². The number of aryl methyl sites for hydroxylation is 2. The van der Waals surface area contributed by atoms with Crippen LogP contribution >= 0.6 is 0 Å². The molecule has 116 valence electrons.